The number of thiophene rings is 1. The molecule has 0 spiro atoms. The van der Waals surface area contributed by atoms with Crippen LogP contribution in [0, 0.1) is 6.92 Å². The zero-order valence-corrected chi connectivity index (χ0v) is 11.7. The van der Waals surface area contributed by atoms with Crippen LogP contribution in [-0.4, -0.2) is 8.42 Å². The predicted molar refractivity (Wildman–Crippen MR) is 74.3 cm³/mol. The van der Waals surface area contributed by atoms with Gasteiger partial charge in [-0.3, -0.25) is 0 Å². The number of aryl methyl sites for hydroxylation is 3. The first-order valence-corrected chi connectivity index (χ1v) is 8.04. The van der Waals surface area contributed by atoms with Crippen molar-refractivity contribution in [3.05, 3.63) is 52.4 Å². The molecule has 1 aromatic carbocycles. The summed E-state index contributed by atoms with van der Waals surface area (Å²) in [5.74, 6) is 0. The van der Waals surface area contributed by atoms with Crippen molar-refractivity contribution in [1.82, 2.24) is 0 Å². The van der Waals surface area contributed by atoms with Gasteiger partial charge in [0.2, 0.25) is 10.0 Å². The maximum atomic E-state index is 11.4. The van der Waals surface area contributed by atoms with E-state index in [1.165, 1.54) is 22.5 Å². The Morgan fingerprint density at radius 2 is 1.78 bits per heavy atom. The van der Waals surface area contributed by atoms with Gasteiger partial charge in [0.05, 0.1) is 0 Å². The van der Waals surface area contributed by atoms with Gasteiger partial charge in [0.25, 0.3) is 0 Å². The van der Waals surface area contributed by atoms with Crippen LogP contribution >= 0.6 is 11.3 Å². The molecule has 0 unspecified atom stereocenters. The van der Waals surface area contributed by atoms with Crippen molar-refractivity contribution in [3.8, 4) is 0 Å². The summed E-state index contributed by atoms with van der Waals surface area (Å²) in [6.07, 6.45) is 1.51. The first kappa shape index (κ1) is 13.3. The fourth-order valence-electron chi connectivity index (χ4n) is 1.79. The average molecular weight is 281 g/mol. The van der Waals surface area contributed by atoms with E-state index in [0.29, 0.717) is 6.42 Å². The van der Waals surface area contributed by atoms with Gasteiger partial charge in [0.1, 0.15) is 4.21 Å². The number of primary sulfonamides is 1. The lowest BCUT2D eigenvalue weighted by molar-refractivity contribution is 0.599. The Morgan fingerprint density at radius 3 is 2.39 bits per heavy atom. The smallest absolute Gasteiger partial charge is 0.224 e. The molecule has 0 bridgehead atoms. The van der Waals surface area contributed by atoms with E-state index >= 15 is 0 Å². The molecule has 0 aliphatic carbocycles. The first-order chi connectivity index (χ1) is 8.47. The minimum Gasteiger partial charge on any atom is -0.224 e. The molecule has 2 aromatic rings. The van der Waals surface area contributed by atoms with Crippen molar-refractivity contribution in [2.24, 2.45) is 5.14 Å². The van der Waals surface area contributed by atoms with Crippen molar-refractivity contribution < 1.29 is 8.42 Å². The number of hydrogen-bond donors (Lipinski definition) is 1. The summed E-state index contributed by atoms with van der Waals surface area (Å²) in [5, 5.41) is 6.94. The Kier molecular flexibility index (Phi) is 3.85. The number of nitrogens with two attached hydrogens (primary N) is 1. The quantitative estimate of drug-likeness (QED) is 0.936. The van der Waals surface area contributed by atoms with E-state index in [4.69, 9.17) is 5.14 Å². The number of hydrogen-bond acceptors (Lipinski definition) is 3. The normalized spacial score (nSPS) is 11.7. The maximum absolute atomic E-state index is 11.4. The Labute approximate surface area is 111 Å². The van der Waals surface area contributed by atoms with E-state index in [1.807, 2.05) is 13.0 Å². The Bertz CT molecular complexity index is 627. The fraction of sp³-hybridized carbons (Fsp3) is 0.231. The third kappa shape index (κ3) is 3.19. The standard InChI is InChI=1S/C13H15NO2S2/c1-10-2-4-11(5-3-10)6-7-12-8-9-17-13(12)18(14,15)16/h2-5,8-9H,6-7H2,1H3,(H2,14,15,16). The molecule has 96 valence electrons. The molecular weight excluding hydrogens is 266 g/mol. The van der Waals surface area contributed by atoms with Gasteiger partial charge in [-0.05, 0) is 42.3 Å². The van der Waals surface area contributed by atoms with Crippen LogP contribution in [0.3, 0.4) is 0 Å². The lowest BCUT2D eigenvalue weighted by Gasteiger charge is -2.03. The molecule has 0 fully saturated rings. The predicted octanol–water partition coefficient (Wildman–Crippen LogP) is 2.49. The zero-order chi connectivity index (χ0) is 13.2. The number of rotatable bonds is 4. The molecule has 0 atom stereocenters. The highest BCUT2D eigenvalue weighted by atomic mass is 32.2. The molecule has 1 heterocycles. The topological polar surface area (TPSA) is 60.2 Å². The highest BCUT2D eigenvalue weighted by molar-refractivity contribution is 7.91. The van der Waals surface area contributed by atoms with Crippen molar-refractivity contribution in [1.29, 1.82) is 0 Å². The van der Waals surface area contributed by atoms with Crippen LogP contribution in [0.25, 0.3) is 0 Å². The van der Waals surface area contributed by atoms with Gasteiger partial charge in [-0.2, -0.15) is 0 Å². The monoisotopic (exact) mass is 281 g/mol. The Morgan fingerprint density at radius 1 is 1.11 bits per heavy atom. The van der Waals surface area contributed by atoms with Crippen LogP contribution in [0.15, 0.2) is 39.9 Å². The largest absolute Gasteiger partial charge is 0.247 e. The van der Waals surface area contributed by atoms with Gasteiger partial charge in [-0.25, -0.2) is 13.6 Å². The van der Waals surface area contributed by atoms with Crippen LogP contribution in [0.4, 0.5) is 0 Å². The van der Waals surface area contributed by atoms with E-state index < -0.39 is 10.0 Å². The SMILES string of the molecule is Cc1ccc(CCc2ccsc2S(N)(=O)=O)cc1. The summed E-state index contributed by atoms with van der Waals surface area (Å²) in [7, 11) is -3.58. The molecule has 18 heavy (non-hydrogen) atoms. The summed E-state index contributed by atoms with van der Waals surface area (Å²) in [6, 6.07) is 10.1. The zero-order valence-electron chi connectivity index (χ0n) is 10.1. The third-order valence-electron chi connectivity index (χ3n) is 2.77. The fourth-order valence-corrected chi connectivity index (χ4v) is 3.71. The molecule has 5 heteroatoms. The van der Waals surface area contributed by atoms with E-state index in [2.05, 4.69) is 24.3 Å². The van der Waals surface area contributed by atoms with E-state index in [1.54, 1.807) is 5.38 Å². The molecule has 1 aromatic heterocycles. The maximum Gasteiger partial charge on any atom is 0.247 e. The summed E-state index contributed by atoms with van der Waals surface area (Å²) in [6.45, 7) is 2.04. The Balaban J connectivity index is 2.12. The molecule has 0 saturated heterocycles. The summed E-state index contributed by atoms with van der Waals surface area (Å²) in [4.78, 5) is 0. The Hall–Kier alpha value is -1.17. The number of sulfonamides is 1. The second kappa shape index (κ2) is 5.22. The molecule has 0 radical (unpaired) electrons. The van der Waals surface area contributed by atoms with E-state index in [0.717, 1.165) is 12.0 Å². The molecular formula is C13H15NO2S2. The van der Waals surface area contributed by atoms with Crippen LogP contribution < -0.4 is 5.14 Å². The van der Waals surface area contributed by atoms with Gasteiger partial charge in [-0.15, -0.1) is 11.3 Å². The highest BCUT2D eigenvalue weighted by Crippen LogP contribution is 2.22. The van der Waals surface area contributed by atoms with Gasteiger partial charge in [0.15, 0.2) is 0 Å². The molecule has 0 aliphatic heterocycles. The first-order valence-electron chi connectivity index (χ1n) is 5.61. The molecule has 2 N–H and O–H groups in total. The van der Waals surface area contributed by atoms with Gasteiger partial charge >= 0.3 is 0 Å². The van der Waals surface area contributed by atoms with E-state index in [-0.39, 0.29) is 4.21 Å². The van der Waals surface area contributed by atoms with Crippen molar-refractivity contribution in [2.75, 3.05) is 0 Å². The van der Waals surface area contributed by atoms with Crippen molar-refractivity contribution in [3.63, 3.8) is 0 Å². The highest BCUT2D eigenvalue weighted by Gasteiger charge is 2.15. The van der Waals surface area contributed by atoms with Crippen molar-refractivity contribution in [2.45, 2.75) is 24.0 Å². The summed E-state index contributed by atoms with van der Waals surface area (Å²) in [5.41, 5.74) is 3.23. The lowest BCUT2D eigenvalue weighted by Crippen LogP contribution is -2.12. The van der Waals surface area contributed by atoms with Gasteiger partial charge in [0, 0.05) is 0 Å². The molecule has 2 rings (SSSR count). The van der Waals surface area contributed by atoms with Gasteiger partial charge in [-0.1, -0.05) is 29.8 Å². The molecule has 0 aliphatic rings. The minimum absolute atomic E-state index is 0.287. The summed E-state index contributed by atoms with van der Waals surface area (Å²) >= 11 is 1.18. The second-order valence-electron chi connectivity index (χ2n) is 4.26. The van der Waals surface area contributed by atoms with E-state index in [9.17, 15) is 8.42 Å². The number of benzene rings is 1. The van der Waals surface area contributed by atoms with Crippen LogP contribution in [0.2, 0.25) is 0 Å². The summed E-state index contributed by atoms with van der Waals surface area (Å²) < 4.78 is 23.0. The lowest BCUT2D eigenvalue weighted by atomic mass is 10.1. The van der Waals surface area contributed by atoms with Gasteiger partial charge < -0.3 is 0 Å². The van der Waals surface area contributed by atoms with Crippen LogP contribution in [0.5, 0.6) is 0 Å². The van der Waals surface area contributed by atoms with Crippen molar-refractivity contribution >= 4 is 21.4 Å². The molecule has 0 amide bonds. The average Bonchev–Trinajstić information content (AvgIpc) is 2.76. The van der Waals surface area contributed by atoms with Crippen LogP contribution in [-0.2, 0) is 22.9 Å². The third-order valence-corrected chi connectivity index (χ3v) is 5.28. The second-order valence-corrected chi connectivity index (χ2v) is 6.94. The molecule has 3 nitrogen and oxygen atoms in total. The minimum atomic E-state index is -3.58. The molecule has 0 saturated carbocycles. The van der Waals surface area contributed by atoms with Crippen LogP contribution in [0.1, 0.15) is 16.7 Å².